The summed E-state index contributed by atoms with van der Waals surface area (Å²) in [5, 5.41) is 9.78. The summed E-state index contributed by atoms with van der Waals surface area (Å²) in [6.45, 7) is 6.38. The van der Waals surface area contributed by atoms with E-state index in [1.54, 1.807) is 12.4 Å². The van der Waals surface area contributed by atoms with E-state index in [0.717, 1.165) is 30.8 Å². The number of β-amino-alcohol motifs (C(OH)–C–C–N with tert-alkyl or cyclic N) is 1. The fourth-order valence-corrected chi connectivity index (χ4v) is 3.15. The lowest BCUT2D eigenvalue weighted by molar-refractivity contribution is 0.0516. The average Bonchev–Trinajstić information content (AvgIpc) is 3.10. The number of rotatable bonds is 6. The molecule has 1 saturated heterocycles. The van der Waals surface area contributed by atoms with Crippen LogP contribution in [0.3, 0.4) is 0 Å². The summed E-state index contributed by atoms with van der Waals surface area (Å²) in [5.41, 5.74) is 1.84. The van der Waals surface area contributed by atoms with Crippen molar-refractivity contribution in [3.8, 4) is 0 Å². The van der Waals surface area contributed by atoms with Gasteiger partial charge in [-0.05, 0) is 36.2 Å². The van der Waals surface area contributed by atoms with Crippen LogP contribution in [0.2, 0.25) is 0 Å². The second kappa shape index (κ2) is 8.27. The third kappa shape index (κ3) is 4.46. The first-order valence-electron chi connectivity index (χ1n) is 8.91. The number of aliphatic hydroxyl groups excluding tert-OH is 1. The van der Waals surface area contributed by atoms with Crippen LogP contribution in [-0.2, 0) is 6.54 Å². The molecule has 1 unspecified atom stereocenters. The predicted octanol–water partition coefficient (Wildman–Crippen LogP) is 1.46. The van der Waals surface area contributed by atoms with Gasteiger partial charge in [0.05, 0.1) is 6.10 Å². The number of hydrogen-bond donors (Lipinski definition) is 1. The monoisotopic (exact) mass is 342 g/mol. The van der Waals surface area contributed by atoms with Gasteiger partial charge in [-0.2, -0.15) is 0 Å². The molecule has 2 aromatic rings. The van der Waals surface area contributed by atoms with Crippen LogP contribution in [0.1, 0.15) is 29.4 Å². The molecule has 3 rings (SSSR count). The van der Waals surface area contributed by atoms with Crippen molar-refractivity contribution in [1.29, 1.82) is 0 Å². The lowest BCUT2D eigenvalue weighted by Crippen LogP contribution is -2.50. The Morgan fingerprint density at radius 1 is 1.20 bits per heavy atom. The van der Waals surface area contributed by atoms with E-state index in [0.29, 0.717) is 26.2 Å². The Bertz CT molecular complexity index is 678. The van der Waals surface area contributed by atoms with Gasteiger partial charge in [0.2, 0.25) is 0 Å². The molecule has 25 heavy (non-hydrogen) atoms. The highest BCUT2D eigenvalue weighted by molar-refractivity contribution is 5.92. The predicted molar refractivity (Wildman–Crippen MR) is 96.4 cm³/mol. The van der Waals surface area contributed by atoms with E-state index in [1.807, 2.05) is 46.9 Å². The Balaban J connectivity index is 1.60. The summed E-state index contributed by atoms with van der Waals surface area (Å²) in [6.07, 6.45) is 5.97. The number of aromatic nitrogens is 2. The van der Waals surface area contributed by atoms with Crippen LogP contribution in [0.25, 0.3) is 0 Å². The van der Waals surface area contributed by atoms with E-state index < -0.39 is 0 Å². The molecule has 0 saturated carbocycles. The second-order valence-corrected chi connectivity index (χ2v) is 6.53. The van der Waals surface area contributed by atoms with Crippen LogP contribution in [0, 0.1) is 0 Å². The van der Waals surface area contributed by atoms with Gasteiger partial charge in [0, 0.05) is 57.9 Å². The molecule has 1 N–H and O–H groups in total. The summed E-state index contributed by atoms with van der Waals surface area (Å²) < 4.78 is 1.99. The van der Waals surface area contributed by atoms with Crippen LogP contribution in [0.4, 0.5) is 0 Å². The van der Waals surface area contributed by atoms with Crippen LogP contribution >= 0.6 is 0 Å². The number of piperazine rings is 1. The Kier molecular flexibility index (Phi) is 5.83. The van der Waals surface area contributed by atoms with Gasteiger partial charge in [-0.1, -0.05) is 6.92 Å². The molecule has 0 radical (unpaired) electrons. The molecule has 1 aliphatic heterocycles. The maximum atomic E-state index is 12.9. The molecule has 6 heteroatoms. The Morgan fingerprint density at radius 2 is 1.92 bits per heavy atom. The molecule has 1 aliphatic rings. The number of pyridine rings is 1. The van der Waals surface area contributed by atoms with Gasteiger partial charge >= 0.3 is 0 Å². The molecule has 0 aromatic carbocycles. The molecule has 2 aromatic heterocycles. The van der Waals surface area contributed by atoms with Crippen molar-refractivity contribution in [2.24, 2.45) is 0 Å². The zero-order chi connectivity index (χ0) is 17.6. The van der Waals surface area contributed by atoms with Crippen molar-refractivity contribution in [2.75, 3.05) is 32.7 Å². The summed E-state index contributed by atoms with van der Waals surface area (Å²) in [7, 11) is 0. The first-order valence-corrected chi connectivity index (χ1v) is 8.91. The van der Waals surface area contributed by atoms with Crippen molar-refractivity contribution < 1.29 is 9.90 Å². The van der Waals surface area contributed by atoms with Crippen LogP contribution in [0.15, 0.2) is 42.9 Å². The number of carbonyl (C=O) groups excluding carboxylic acids is 1. The third-order valence-corrected chi connectivity index (χ3v) is 4.75. The lowest BCUT2D eigenvalue weighted by atomic mass is 10.2. The zero-order valence-electron chi connectivity index (χ0n) is 14.7. The van der Waals surface area contributed by atoms with Gasteiger partial charge < -0.3 is 14.6 Å². The highest BCUT2D eigenvalue weighted by atomic mass is 16.3. The molecule has 3 heterocycles. The maximum absolute atomic E-state index is 12.9. The van der Waals surface area contributed by atoms with Crippen LogP contribution < -0.4 is 0 Å². The van der Waals surface area contributed by atoms with Crippen molar-refractivity contribution in [3.63, 3.8) is 0 Å². The molecule has 0 spiro atoms. The molecule has 6 nitrogen and oxygen atoms in total. The van der Waals surface area contributed by atoms with E-state index in [1.165, 1.54) is 0 Å². The van der Waals surface area contributed by atoms with E-state index in [-0.39, 0.29) is 12.0 Å². The summed E-state index contributed by atoms with van der Waals surface area (Å²) in [4.78, 5) is 21.1. The minimum Gasteiger partial charge on any atom is -0.392 e. The first kappa shape index (κ1) is 17.6. The van der Waals surface area contributed by atoms with Gasteiger partial charge in [0.1, 0.15) is 5.69 Å². The van der Waals surface area contributed by atoms with Crippen molar-refractivity contribution in [3.05, 3.63) is 54.1 Å². The minimum atomic E-state index is -0.278. The Labute approximate surface area is 148 Å². The number of aliphatic hydroxyl groups is 1. The highest BCUT2D eigenvalue weighted by Gasteiger charge is 2.24. The van der Waals surface area contributed by atoms with Crippen molar-refractivity contribution in [2.45, 2.75) is 26.0 Å². The second-order valence-electron chi connectivity index (χ2n) is 6.53. The van der Waals surface area contributed by atoms with Gasteiger partial charge in [-0.25, -0.2) is 0 Å². The largest absolute Gasteiger partial charge is 0.392 e. The molecule has 1 fully saturated rings. The van der Waals surface area contributed by atoms with Gasteiger partial charge in [0.25, 0.3) is 5.91 Å². The van der Waals surface area contributed by atoms with Gasteiger partial charge in [-0.15, -0.1) is 0 Å². The van der Waals surface area contributed by atoms with Crippen LogP contribution in [0.5, 0.6) is 0 Å². The maximum Gasteiger partial charge on any atom is 0.270 e. The quantitative estimate of drug-likeness (QED) is 0.863. The van der Waals surface area contributed by atoms with Gasteiger partial charge in [0.15, 0.2) is 0 Å². The van der Waals surface area contributed by atoms with E-state index >= 15 is 0 Å². The topological polar surface area (TPSA) is 61.6 Å². The first-order chi connectivity index (χ1) is 12.2. The molecule has 134 valence electrons. The summed E-state index contributed by atoms with van der Waals surface area (Å²) in [6, 6.07) is 7.73. The van der Waals surface area contributed by atoms with Crippen LogP contribution in [-0.4, -0.2) is 69.2 Å². The fraction of sp³-hybridized carbons (Fsp3) is 0.474. The lowest BCUT2D eigenvalue weighted by Gasteiger charge is -2.35. The number of amides is 1. The number of nitrogens with zero attached hydrogens (tertiary/aromatic N) is 4. The van der Waals surface area contributed by atoms with Crippen molar-refractivity contribution >= 4 is 5.91 Å². The standard InChI is InChI=1S/C19H26N4O2/c1-2-17(24)15-21-10-12-22(13-11-21)19(25)18-4-3-9-23(18)14-16-5-7-20-8-6-16/h3-9,17,24H,2,10-15H2,1H3. The highest BCUT2D eigenvalue weighted by Crippen LogP contribution is 2.13. The zero-order valence-corrected chi connectivity index (χ0v) is 14.7. The number of carbonyl (C=O) groups is 1. The molecule has 1 amide bonds. The normalized spacial score (nSPS) is 16.8. The molecular weight excluding hydrogens is 316 g/mol. The Morgan fingerprint density at radius 3 is 2.60 bits per heavy atom. The summed E-state index contributed by atoms with van der Waals surface area (Å²) in [5.74, 6) is 0.0785. The smallest absolute Gasteiger partial charge is 0.270 e. The molecule has 0 aliphatic carbocycles. The molecule has 1 atom stereocenters. The summed E-state index contributed by atoms with van der Waals surface area (Å²) >= 11 is 0. The third-order valence-electron chi connectivity index (χ3n) is 4.75. The molecule has 0 bridgehead atoms. The van der Waals surface area contributed by atoms with E-state index in [2.05, 4.69) is 9.88 Å². The van der Waals surface area contributed by atoms with E-state index in [4.69, 9.17) is 0 Å². The van der Waals surface area contributed by atoms with E-state index in [9.17, 15) is 9.90 Å². The van der Waals surface area contributed by atoms with Gasteiger partial charge in [-0.3, -0.25) is 14.7 Å². The molecular formula is C19H26N4O2. The SMILES string of the molecule is CCC(O)CN1CCN(C(=O)c2cccn2Cc2ccncc2)CC1. The fourth-order valence-electron chi connectivity index (χ4n) is 3.15. The van der Waals surface area contributed by atoms with Crippen molar-refractivity contribution in [1.82, 2.24) is 19.4 Å². The Hall–Kier alpha value is -2.18. The minimum absolute atomic E-state index is 0.0785. The average molecular weight is 342 g/mol. The number of hydrogen-bond acceptors (Lipinski definition) is 4.